The number of carbonyl (C=O) groups is 2. The molecule has 2 atom stereocenters. The molecule has 172 valence electrons. The largest absolute Gasteiger partial charge is 0.481 e. The molecule has 0 saturated heterocycles. The van der Waals surface area contributed by atoms with Gasteiger partial charge < -0.3 is 15.0 Å². The Kier molecular flexibility index (Phi) is 7.54. The summed E-state index contributed by atoms with van der Waals surface area (Å²) >= 11 is 0. The molecule has 3 rings (SSSR count). The summed E-state index contributed by atoms with van der Waals surface area (Å²) in [5.74, 6) is -0.0705. The van der Waals surface area contributed by atoms with Crippen LogP contribution in [0.3, 0.4) is 0 Å². The predicted octanol–water partition coefficient (Wildman–Crippen LogP) is 4.64. The van der Waals surface area contributed by atoms with Crippen LogP contribution in [0, 0.1) is 11.7 Å². The van der Waals surface area contributed by atoms with Crippen molar-refractivity contribution in [2.24, 2.45) is 5.92 Å². The average molecular weight is 441 g/mol. The van der Waals surface area contributed by atoms with Gasteiger partial charge in [-0.2, -0.15) is 0 Å². The summed E-state index contributed by atoms with van der Waals surface area (Å²) in [6.45, 7) is 10.0. The van der Waals surface area contributed by atoms with E-state index in [1.54, 1.807) is 6.07 Å². The molecule has 1 heterocycles. The minimum absolute atomic E-state index is 0.0247. The van der Waals surface area contributed by atoms with Gasteiger partial charge >= 0.3 is 0 Å². The highest BCUT2D eigenvalue weighted by atomic mass is 19.1. The highest BCUT2D eigenvalue weighted by Crippen LogP contribution is 2.38. The lowest BCUT2D eigenvalue weighted by Crippen LogP contribution is -2.43. The van der Waals surface area contributed by atoms with Gasteiger partial charge in [0.2, 0.25) is 5.91 Å². The van der Waals surface area contributed by atoms with Crippen LogP contribution < -0.4 is 10.1 Å². The Morgan fingerprint density at radius 2 is 1.91 bits per heavy atom. The number of ether oxygens (including phenoxy) is 1. The van der Waals surface area contributed by atoms with Crippen LogP contribution in [0.1, 0.15) is 63.8 Å². The number of carbonyl (C=O) groups excluding carboxylic acids is 2. The summed E-state index contributed by atoms with van der Waals surface area (Å²) in [7, 11) is 0. The van der Waals surface area contributed by atoms with Gasteiger partial charge in [0.05, 0.1) is 6.04 Å². The Balaban J connectivity index is 2.00. The van der Waals surface area contributed by atoms with E-state index in [-0.39, 0.29) is 29.6 Å². The Hall–Kier alpha value is -2.89. The van der Waals surface area contributed by atoms with Crippen LogP contribution in [0.15, 0.2) is 42.5 Å². The highest BCUT2D eigenvalue weighted by molar-refractivity contribution is 5.81. The second kappa shape index (κ2) is 10.2. The first-order valence-electron chi connectivity index (χ1n) is 11.4. The van der Waals surface area contributed by atoms with Gasteiger partial charge in [-0.3, -0.25) is 9.59 Å². The third-order valence-corrected chi connectivity index (χ3v) is 5.66. The fourth-order valence-corrected chi connectivity index (χ4v) is 4.14. The number of rotatable bonds is 7. The van der Waals surface area contributed by atoms with Crippen LogP contribution in [0.4, 0.5) is 4.39 Å². The number of benzene rings is 2. The van der Waals surface area contributed by atoms with E-state index in [1.165, 1.54) is 12.1 Å². The summed E-state index contributed by atoms with van der Waals surface area (Å²) in [6.07, 6.45) is 0.631. The zero-order valence-electron chi connectivity index (χ0n) is 19.5. The lowest BCUT2D eigenvalue weighted by molar-refractivity contribution is -0.136. The molecule has 1 aliphatic heterocycles. The Morgan fingerprint density at radius 1 is 1.16 bits per heavy atom. The molecule has 32 heavy (non-hydrogen) atoms. The molecule has 0 spiro atoms. The maximum Gasteiger partial charge on any atom is 0.261 e. The summed E-state index contributed by atoms with van der Waals surface area (Å²) < 4.78 is 20.2. The van der Waals surface area contributed by atoms with Gasteiger partial charge in [-0.1, -0.05) is 39.0 Å². The predicted molar refractivity (Wildman–Crippen MR) is 123 cm³/mol. The van der Waals surface area contributed by atoms with Crippen LogP contribution in [0.5, 0.6) is 5.75 Å². The minimum atomic E-state index is -0.611. The molecule has 0 bridgehead atoms. The zero-order valence-corrected chi connectivity index (χ0v) is 19.5. The van der Waals surface area contributed by atoms with Crippen molar-refractivity contribution >= 4 is 11.8 Å². The van der Waals surface area contributed by atoms with Crippen molar-refractivity contribution in [2.45, 2.75) is 65.6 Å². The van der Waals surface area contributed by atoms with Gasteiger partial charge in [0.1, 0.15) is 11.6 Å². The number of nitrogens with zero attached hydrogens (tertiary/aromatic N) is 1. The van der Waals surface area contributed by atoms with Crippen LogP contribution >= 0.6 is 0 Å². The second-order valence-electron chi connectivity index (χ2n) is 8.93. The standard InChI is InChI=1S/C26H33FN2O3/c1-6-23(25(30)28-17(4)5)32-21-11-10-18-12-13-29(26(31)16(2)3)24(22(18)15-21)19-8-7-9-20(27)14-19/h7-11,14-17,23-24H,6,12-13H2,1-5H3,(H,28,30)/t23-,24+/m0/s1. The number of hydrogen-bond acceptors (Lipinski definition) is 3. The van der Waals surface area contributed by atoms with E-state index in [1.807, 2.05) is 63.8 Å². The topological polar surface area (TPSA) is 58.6 Å². The van der Waals surface area contributed by atoms with Gasteiger partial charge in [-0.15, -0.1) is 0 Å². The van der Waals surface area contributed by atoms with Crippen LogP contribution in [0.25, 0.3) is 0 Å². The molecule has 5 nitrogen and oxygen atoms in total. The molecule has 0 radical (unpaired) electrons. The summed E-state index contributed by atoms with van der Waals surface area (Å²) in [6, 6.07) is 11.8. The smallest absolute Gasteiger partial charge is 0.261 e. The first-order valence-corrected chi connectivity index (χ1v) is 11.4. The van der Waals surface area contributed by atoms with Gasteiger partial charge in [-0.05, 0) is 67.6 Å². The molecular formula is C26H33FN2O3. The summed E-state index contributed by atoms with van der Waals surface area (Å²) in [4.78, 5) is 27.3. The molecule has 1 N–H and O–H groups in total. The Morgan fingerprint density at radius 3 is 2.53 bits per heavy atom. The SMILES string of the molecule is CC[C@H](Oc1ccc2c(c1)[C@@H](c1cccc(F)c1)N(C(=O)C(C)C)CC2)C(=O)NC(C)C. The maximum atomic E-state index is 14.1. The van der Waals surface area contributed by atoms with Crippen molar-refractivity contribution in [1.29, 1.82) is 0 Å². The van der Waals surface area contributed by atoms with E-state index in [4.69, 9.17) is 4.74 Å². The van der Waals surface area contributed by atoms with Crippen molar-refractivity contribution in [3.8, 4) is 5.75 Å². The molecule has 0 unspecified atom stereocenters. The quantitative estimate of drug-likeness (QED) is 0.683. The zero-order chi connectivity index (χ0) is 23.4. The molecular weight excluding hydrogens is 407 g/mol. The number of halogens is 1. The lowest BCUT2D eigenvalue weighted by Gasteiger charge is -2.39. The van der Waals surface area contributed by atoms with E-state index < -0.39 is 12.1 Å². The molecule has 2 amide bonds. The highest BCUT2D eigenvalue weighted by Gasteiger charge is 2.34. The van der Waals surface area contributed by atoms with E-state index in [0.717, 1.165) is 16.7 Å². The Bertz CT molecular complexity index is 973. The van der Waals surface area contributed by atoms with Crippen molar-refractivity contribution < 1.29 is 18.7 Å². The van der Waals surface area contributed by atoms with Crippen molar-refractivity contribution in [1.82, 2.24) is 10.2 Å². The molecule has 2 aromatic carbocycles. The van der Waals surface area contributed by atoms with Crippen LogP contribution in [0.2, 0.25) is 0 Å². The first kappa shape index (κ1) is 23.8. The molecule has 2 aromatic rings. The van der Waals surface area contributed by atoms with Gasteiger partial charge in [0.15, 0.2) is 6.10 Å². The number of fused-ring (bicyclic) bond motifs is 1. The molecule has 1 aliphatic rings. The lowest BCUT2D eigenvalue weighted by atomic mass is 9.87. The van der Waals surface area contributed by atoms with Gasteiger partial charge in [0.25, 0.3) is 5.91 Å². The molecule has 6 heteroatoms. The van der Waals surface area contributed by atoms with Crippen molar-refractivity contribution in [3.63, 3.8) is 0 Å². The molecule has 0 saturated carbocycles. The monoisotopic (exact) mass is 440 g/mol. The number of hydrogen-bond donors (Lipinski definition) is 1. The van der Waals surface area contributed by atoms with Crippen LogP contribution in [-0.4, -0.2) is 35.4 Å². The third-order valence-electron chi connectivity index (χ3n) is 5.66. The van der Waals surface area contributed by atoms with Crippen molar-refractivity contribution in [3.05, 3.63) is 65.0 Å². The molecule has 0 aromatic heterocycles. The molecule has 0 fully saturated rings. The maximum absolute atomic E-state index is 14.1. The first-order chi connectivity index (χ1) is 15.2. The fraction of sp³-hybridized carbons (Fsp3) is 0.462. The average Bonchev–Trinajstić information content (AvgIpc) is 2.75. The van der Waals surface area contributed by atoms with Crippen molar-refractivity contribution in [2.75, 3.05) is 6.54 Å². The normalized spacial score (nSPS) is 16.6. The number of amides is 2. The van der Waals surface area contributed by atoms with Gasteiger partial charge in [0, 0.05) is 18.5 Å². The van der Waals surface area contributed by atoms with E-state index >= 15 is 0 Å². The van der Waals surface area contributed by atoms with E-state index in [2.05, 4.69) is 5.32 Å². The van der Waals surface area contributed by atoms with E-state index in [0.29, 0.717) is 25.1 Å². The Labute approximate surface area is 190 Å². The second-order valence-corrected chi connectivity index (χ2v) is 8.93. The van der Waals surface area contributed by atoms with E-state index in [9.17, 15) is 14.0 Å². The summed E-state index contributed by atoms with van der Waals surface area (Å²) in [5.41, 5.74) is 2.73. The van der Waals surface area contributed by atoms with Crippen LogP contribution in [-0.2, 0) is 16.0 Å². The summed E-state index contributed by atoms with van der Waals surface area (Å²) in [5, 5.41) is 2.89. The van der Waals surface area contributed by atoms with Gasteiger partial charge in [-0.25, -0.2) is 4.39 Å². The third kappa shape index (κ3) is 5.29. The molecule has 0 aliphatic carbocycles. The minimum Gasteiger partial charge on any atom is -0.481 e. The fourth-order valence-electron chi connectivity index (χ4n) is 4.14. The number of nitrogens with one attached hydrogen (secondary N) is 1.